The maximum atomic E-state index is 15.4. The summed E-state index contributed by atoms with van der Waals surface area (Å²) in [6, 6.07) is 5.57. The molecule has 0 radical (unpaired) electrons. The van der Waals surface area contributed by atoms with E-state index in [9.17, 15) is 14.7 Å². The molecule has 2 amide bonds. The van der Waals surface area contributed by atoms with Crippen LogP contribution in [0.15, 0.2) is 36.9 Å². The zero-order chi connectivity index (χ0) is 39.1. The number of rotatable bonds is 11. The van der Waals surface area contributed by atoms with Crippen LogP contribution in [-0.4, -0.2) is 100 Å². The number of aromatic nitrogens is 2. The van der Waals surface area contributed by atoms with E-state index in [4.69, 9.17) is 30.6 Å². The lowest BCUT2D eigenvalue weighted by Gasteiger charge is -2.46. The Morgan fingerprint density at radius 1 is 1.25 bits per heavy atom. The van der Waals surface area contributed by atoms with Gasteiger partial charge in [0.05, 0.1) is 28.9 Å². The minimum atomic E-state index is -1.03. The number of nitrogens with zero attached hydrogens (tertiary/aromatic N) is 5. The van der Waals surface area contributed by atoms with E-state index in [-0.39, 0.29) is 89.6 Å². The lowest BCUT2D eigenvalue weighted by Crippen LogP contribution is -2.57. The molecule has 1 aromatic heterocycles. The molecule has 2 aromatic carbocycles. The van der Waals surface area contributed by atoms with Crippen LogP contribution in [0.5, 0.6) is 17.5 Å². The predicted octanol–water partition coefficient (Wildman–Crippen LogP) is 6.34. The monoisotopic (exact) mass is 758 g/mol. The number of ether oxygens (including phenoxy) is 3. The van der Waals surface area contributed by atoms with Gasteiger partial charge in [-0.2, -0.15) is 9.97 Å². The van der Waals surface area contributed by atoms with Gasteiger partial charge in [-0.3, -0.25) is 14.6 Å². The molecule has 3 aliphatic heterocycles. The van der Waals surface area contributed by atoms with E-state index in [0.717, 1.165) is 38.5 Å². The summed E-state index contributed by atoms with van der Waals surface area (Å²) in [5.41, 5.74) is -0.875. The molecule has 7 rings (SSSR count). The van der Waals surface area contributed by atoms with Gasteiger partial charge in [-0.1, -0.05) is 45.3 Å². The van der Waals surface area contributed by atoms with Crippen molar-refractivity contribution in [2.24, 2.45) is 5.92 Å². The molecule has 1 saturated carbocycles. The Balaban J connectivity index is 1.28. The van der Waals surface area contributed by atoms with Gasteiger partial charge in [0.1, 0.15) is 30.0 Å². The van der Waals surface area contributed by atoms with E-state index in [2.05, 4.69) is 36.6 Å². The minimum Gasteiger partial charge on any atom is -0.508 e. The second-order valence-electron chi connectivity index (χ2n) is 15.4. The molecular formula is C41H48F2N6O6. The zero-order valence-electron chi connectivity index (χ0n) is 31.6. The molecule has 4 heterocycles. The molecule has 3 aromatic rings. The highest BCUT2D eigenvalue weighted by molar-refractivity contribution is 6.06. The van der Waals surface area contributed by atoms with Gasteiger partial charge in [0.15, 0.2) is 11.6 Å². The van der Waals surface area contributed by atoms with Gasteiger partial charge in [0.25, 0.3) is 0 Å². The molecule has 0 spiro atoms. The number of terminal acetylenes is 1. The SMILES string of the molecule is C#Cc1c(F)ccc2cc(O)cc(N3Cc4nc(OC[C@]5(C(C)C)C[C@@H](F)CN5C5CCOCC5)nc(NCC5(N(C)C(=O)C=C)CCCC5)c4OC3=O)c12. The number of benzene rings is 2. The third-order valence-corrected chi connectivity index (χ3v) is 12.1. The standard InChI is InChI=1S/C41H48F2N6O6/c1-6-30-31(43)11-10-26-18-29(50)19-33(35(26)30)48-22-32-36(55-39(48)52)37(44-23-40(14-8-9-15-40)47(5)34(51)7-2)46-38(45-32)54-24-41(25(3)4)20-27(42)21-49(41)28-12-16-53-17-13-28/h1,7,10-11,18-19,25,27-28,50H,2,8-9,12-17,20-24H2,3-5H3,(H,44,45,46)/t27-,41+/m1/s1. The fraction of sp³-hybridized carbons (Fsp3) is 0.512. The summed E-state index contributed by atoms with van der Waals surface area (Å²) >= 11 is 0. The van der Waals surface area contributed by atoms with Crippen LogP contribution < -0.4 is 19.7 Å². The zero-order valence-corrected chi connectivity index (χ0v) is 31.6. The lowest BCUT2D eigenvalue weighted by molar-refractivity contribution is -0.129. The molecule has 4 aliphatic rings. The highest BCUT2D eigenvalue weighted by atomic mass is 19.1. The first-order valence-corrected chi connectivity index (χ1v) is 19.0. The summed E-state index contributed by atoms with van der Waals surface area (Å²) in [5.74, 6) is 1.62. The Kier molecular flexibility index (Phi) is 10.6. The molecule has 0 bridgehead atoms. The van der Waals surface area contributed by atoms with Gasteiger partial charge >= 0.3 is 12.1 Å². The Hall–Kier alpha value is -5.00. The lowest BCUT2D eigenvalue weighted by atomic mass is 9.83. The van der Waals surface area contributed by atoms with Crippen LogP contribution in [0.1, 0.15) is 70.1 Å². The second-order valence-corrected chi connectivity index (χ2v) is 15.4. The van der Waals surface area contributed by atoms with E-state index in [1.807, 2.05) is 0 Å². The van der Waals surface area contributed by atoms with Gasteiger partial charge in [0.2, 0.25) is 5.91 Å². The Morgan fingerprint density at radius 3 is 2.69 bits per heavy atom. The minimum absolute atomic E-state index is 0.0134. The molecular weight excluding hydrogens is 710 g/mol. The van der Waals surface area contributed by atoms with Crippen molar-refractivity contribution >= 4 is 34.3 Å². The predicted molar refractivity (Wildman–Crippen MR) is 204 cm³/mol. The largest absolute Gasteiger partial charge is 0.508 e. The number of phenolic OH excluding ortho intramolecular Hbond substituents is 1. The number of hydrogen-bond donors (Lipinski definition) is 2. The fourth-order valence-corrected chi connectivity index (χ4v) is 8.99. The number of amides is 2. The summed E-state index contributed by atoms with van der Waals surface area (Å²) < 4.78 is 48.4. The van der Waals surface area contributed by atoms with E-state index in [1.165, 1.54) is 35.2 Å². The summed E-state index contributed by atoms with van der Waals surface area (Å²) in [7, 11) is 1.75. The highest BCUT2D eigenvalue weighted by Gasteiger charge is 2.51. The van der Waals surface area contributed by atoms with Crippen LogP contribution in [0.4, 0.5) is 25.1 Å². The first-order valence-electron chi connectivity index (χ1n) is 19.0. The number of likely N-dealkylation sites (tertiary alicyclic amines) is 1. The Labute approximate surface area is 319 Å². The first kappa shape index (κ1) is 38.3. The maximum absolute atomic E-state index is 15.4. The van der Waals surface area contributed by atoms with Gasteiger partial charge in [-0.05, 0) is 55.2 Å². The van der Waals surface area contributed by atoms with Crippen molar-refractivity contribution in [3.8, 4) is 29.9 Å². The number of carbonyl (C=O) groups is 2. The van der Waals surface area contributed by atoms with Gasteiger partial charge < -0.3 is 29.5 Å². The number of phenols is 1. The van der Waals surface area contributed by atoms with Crippen molar-refractivity contribution in [2.45, 2.75) is 88.6 Å². The van der Waals surface area contributed by atoms with Crippen molar-refractivity contribution in [2.75, 3.05) is 50.2 Å². The second kappa shape index (κ2) is 15.3. The summed E-state index contributed by atoms with van der Waals surface area (Å²) in [6.45, 7) is 9.56. The number of anilines is 2. The molecule has 3 fully saturated rings. The fourth-order valence-electron chi connectivity index (χ4n) is 8.99. The normalized spacial score (nSPS) is 22.7. The third-order valence-electron chi connectivity index (χ3n) is 12.1. The average molecular weight is 759 g/mol. The molecule has 55 heavy (non-hydrogen) atoms. The Morgan fingerprint density at radius 2 is 2.00 bits per heavy atom. The van der Waals surface area contributed by atoms with Crippen LogP contribution >= 0.6 is 0 Å². The molecule has 12 nitrogen and oxygen atoms in total. The van der Waals surface area contributed by atoms with E-state index in [0.29, 0.717) is 25.1 Å². The average Bonchev–Trinajstić information content (AvgIpc) is 3.81. The maximum Gasteiger partial charge on any atom is 0.420 e. The summed E-state index contributed by atoms with van der Waals surface area (Å²) in [6.07, 6.45) is 10.4. The molecule has 1 aliphatic carbocycles. The number of hydrogen-bond acceptors (Lipinski definition) is 10. The van der Waals surface area contributed by atoms with E-state index in [1.54, 1.807) is 11.9 Å². The topological polar surface area (TPSA) is 130 Å². The number of fused-ring (bicyclic) bond motifs is 2. The number of aromatic hydroxyl groups is 1. The molecule has 14 heteroatoms. The van der Waals surface area contributed by atoms with Crippen molar-refractivity contribution < 1.29 is 37.7 Å². The molecule has 2 atom stereocenters. The quantitative estimate of drug-likeness (QED) is 0.169. The van der Waals surface area contributed by atoms with Gasteiger partial charge in [-0.15, -0.1) is 6.42 Å². The van der Waals surface area contributed by atoms with Crippen LogP contribution in [0.2, 0.25) is 0 Å². The van der Waals surface area contributed by atoms with Crippen molar-refractivity contribution in [3.05, 3.63) is 54.0 Å². The van der Waals surface area contributed by atoms with Gasteiger partial charge in [-0.25, -0.2) is 13.6 Å². The summed E-state index contributed by atoms with van der Waals surface area (Å²) in [4.78, 5) is 41.4. The molecule has 0 unspecified atom stereocenters. The highest BCUT2D eigenvalue weighted by Crippen LogP contribution is 2.44. The van der Waals surface area contributed by atoms with Crippen LogP contribution in [0.25, 0.3) is 10.8 Å². The molecule has 2 N–H and O–H groups in total. The number of nitrogens with one attached hydrogen (secondary N) is 1. The van der Waals surface area contributed by atoms with Crippen LogP contribution in [0, 0.1) is 24.1 Å². The van der Waals surface area contributed by atoms with E-state index < -0.39 is 29.2 Å². The molecule has 292 valence electrons. The number of halogens is 2. The summed E-state index contributed by atoms with van der Waals surface area (Å²) in [5, 5.41) is 14.7. The van der Waals surface area contributed by atoms with Crippen molar-refractivity contribution in [1.29, 1.82) is 0 Å². The van der Waals surface area contributed by atoms with Crippen molar-refractivity contribution in [3.63, 3.8) is 0 Å². The molecule has 2 saturated heterocycles. The third kappa shape index (κ3) is 7.04. The van der Waals surface area contributed by atoms with Crippen molar-refractivity contribution in [1.82, 2.24) is 19.8 Å². The number of alkyl halides is 1. The van der Waals surface area contributed by atoms with Crippen LogP contribution in [0.3, 0.4) is 0 Å². The van der Waals surface area contributed by atoms with Crippen LogP contribution in [-0.2, 0) is 16.1 Å². The van der Waals surface area contributed by atoms with E-state index >= 15 is 8.78 Å². The number of likely N-dealkylation sites (N-methyl/N-ethyl adjacent to an activating group) is 1. The van der Waals surface area contributed by atoms with Gasteiger partial charge in [0, 0.05) is 57.3 Å². The first-order chi connectivity index (χ1) is 26.4. The number of carbonyl (C=O) groups excluding carboxylic acids is 2. The Bertz CT molecular complexity index is 2030. The smallest absolute Gasteiger partial charge is 0.420 e.